The van der Waals surface area contributed by atoms with E-state index < -0.39 is 0 Å². The normalized spacial score (nSPS) is 16.8. The summed E-state index contributed by atoms with van der Waals surface area (Å²) in [5, 5.41) is 12.3. The second kappa shape index (κ2) is 4.63. The minimum atomic E-state index is -0.318. The average Bonchev–Trinajstić information content (AvgIpc) is 3.05. The summed E-state index contributed by atoms with van der Waals surface area (Å²) < 4.78 is 12.9. The Labute approximate surface area is 95.1 Å². The number of nitrogens with one attached hydrogen (secondary N) is 1. The predicted octanol–water partition coefficient (Wildman–Crippen LogP) is 2.70. The molecule has 1 N–H and O–H groups in total. The molecule has 0 spiro atoms. The molecule has 0 bridgehead atoms. The number of hydrogen-bond acceptors (Lipinski definition) is 2. The van der Waals surface area contributed by atoms with Crippen LogP contribution in [0.1, 0.15) is 30.0 Å². The first kappa shape index (κ1) is 11.1. The van der Waals surface area contributed by atoms with Gasteiger partial charge in [-0.25, -0.2) is 4.39 Å². The van der Waals surface area contributed by atoms with Crippen molar-refractivity contribution in [3.63, 3.8) is 0 Å². The lowest BCUT2D eigenvalue weighted by Crippen LogP contribution is -2.23. The summed E-state index contributed by atoms with van der Waals surface area (Å²) in [5.41, 5.74) is 1.71. The highest BCUT2D eigenvalue weighted by atomic mass is 19.1. The first-order valence-electron chi connectivity index (χ1n) is 5.59. The SMILES string of the molecule is Cc1cc(F)ccc1C(C#N)NCC1CC1. The van der Waals surface area contributed by atoms with Crippen molar-refractivity contribution in [3.05, 3.63) is 35.1 Å². The van der Waals surface area contributed by atoms with Crippen LogP contribution in [0.5, 0.6) is 0 Å². The fourth-order valence-electron chi connectivity index (χ4n) is 1.79. The highest BCUT2D eigenvalue weighted by Gasteiger charge is 2.23. The van der Waals surface area contributed by atoms with Crippen LogP contribution in [0.2, 0.25) is 0 Å². The van der Waals surface area contributed by atoms with Gasteiger partial charge in [0.05, 0.1) is 6.07 Å². The van der Waals surface area contributed by atoms with Crippen LogP contribution >= 0.6 is 0 Å². The van der Waals surface area contributed by atoms with Crippen molar-refractivity contribution in [2.45, 2.75) is 25.8 Å². The molecule has 16 heavy (non-hydrogen) atoms. The molecular weight excluding hydrogens is 203 g/mol. The third kappa shape index (κ3) is 2.59. The van der Waals surface area contributed by atoms with E-state index in [9.17, 15) is 4.39 Å². The van der Waals surface area contributed by atoms with Crippen molar-refractivity contribution in [1.82, 2.24) is 5.32 Å². The van der Waals surface area contributed by atoms with E-state index in [-0.39, 0.29) is 11.9 Å². The van der Waals surface area contributed by atoms with Crippen molar-refractivity contribution in [2.75, 3.05) is 6.54 Å². The minimum absolute atomic E-state index is 0.250. The monoisotopic (exact) mass is 218 g/mol. The molecule has 84 valence electrons. The van der Waals surface area contributed by atoms with Crippen LogP contribution in [0.15, 0.2) is 18.2 Å². The summed E-state index contributed by atoms with van der Waals surface area (Å²) in [6.45, 7) is 2.72. The molecule has 1 aliphatic rings. The van der Waals surface area contributed by atoms with Gasteiger partial charge in [-0.2, -0.15) is 5.26 Å². The van der Waals surface area contributed by atoms with E-state index in [1.54, 1.807) is 6.07 Å². The Bertz CT molecular complexity index is 418. The third-order valence-electron chi connectivity index (χ3n) is 2.98. The first-order valence-corrected chi connectivity index (χ1v) is 5.59. The molecule has 1 saturated carbocycles. The van der Waals surface area contributed by atoms with Gasteiger partial charge in [0.1, 0.15) is 11.9 Å². The highest BCUT2D eigenvalue weighted by Crippen LogP contribution is 2.29. The number of hydrogen-bond donors (Lipinski definition) is 1. The van der Waals surface area contributed by atoms with Gasteiger partial charge in [0.15, 0.2) is 0 Å². The van der Waals surface area contributed by atoms with Crippen molar-refractivity contribution in [3.8, 4) is 6.07 Å². The van der Waals surface area contributed by atoms with E-state index in [2.05, 4.69) is 11.4 Å². The van der Waals surface area contributed by atoms with Gasteiger partial charge in [0.2, 0.25) is 0 Å². The quantitative estimate of drug-likeness (QED) is 0.843. The van der Waals surface area contributed by atoms with Crippen LogP contribution in [0.3, 0.4) is 0 Å². The molecule has 3 heteroatoms. The maximum atomic E-state index is 12.9. The number of benzene rings is 1. The molecule has 2 nitrogen and oxygen atoms in total. The van der Waals surface area contributed by atoms with Gasteiger partial charge >= 0.3 is 0 Å². The van der Waals surface area contributed by atoms with E-state index in [1.165, 1.54) is 25.0 Å². The first-order chi connectivity index (χ1) is 7.70. The second-order valence-electron chi connectivity index (χ2n) is 4.41. The van der Waals surface area contributed by atoms with Crippen LogP contribution in [0, 0.1) is 30.0 Å². The number of halogens is 1. The standard InChI is InChI=1S/C13H15FN2/c1-9-6-11(14)4-5-12(9)13(7-15)16-8-10-2-3-10/h4-6,10,13,16H,2-3,8H2,1H3. The van der Waals surface area contributed by atoms with Crippen LogP contribution in [-0.2, 0) is 0 Å². The van der Waals surface area contributed by atoms with Gasteiger partial charge < -0.3 is 0 Å². The molecule has 1 aliphatic carbocycles. The van der Waals surface area contributed by atoms with Gasteiger partial charge in [-0.1, -0.05) is 6.07 Å². The topological polar surface area (TPSA) is 35.8 Å². The molecule has 0 aliphatic heterocycles. The lowest BCUT2D eigenvalue weighted by atomic mass is 10.0. The summed E-state index contributed by atoms with van der Waals surface area (Å²) in [4.78, 5) is 0. The van der Waals surface area contributed by atoms with Gasteiger partial charge in [0.25, 0.3) is 0 Å². The Morgan fingerprint density at radius 3 is 2.88 bits per heavy atom. The molecule has 1 aromatic carbocycles. The number of aryl methyl sites for hydroxylation is 1. The van der Waals surface area contributed by atoms with Crippen molar-refractivity contribution in [2.24, 2.45) is 5.92 Å². The Kier molecular flexibility index (Phi) is 3.21. The Balaban J connectivity index is 2.09. The van der Waals surface area contributed by atoms with E-state index in [0.717, 1.165) is 23.6 Å². The van der Waals surface area contributed by atoms with Gasteiger partial charge in [-0.15, -0.1) is 0 Å². The summed E-state index contributed by atoms with van der Waals surface area (Å²) in [5.74, 6) is 0.483. The molecule has 0 saturated heterocycles. The summed E-state index contributed by atoms with van der Waals surface area (Å²) in [6.07, 6.45) is 2.51. The molecule has 0 radical (unpaired) electrons. The molecule has 1 unspecified atom stereocenters. The molecular formula is C13H15FN2. The molecule has 0 heterocycles. The second-order valence-corrected chi connectivity index (χ2v) is 4.41. The van der Waals surface area contributed by atoms with Gasteiger partial charge in [0, 0.05) is 0 Å². The summed E-state index contributed by atoms with van der Waals surface area (Å²) in [6, 6.07) is 6.48. The smallest absolute Gasteiger partial charge is 0.123 e. The molecule has 1 fully saturated rings. The molecule has 0 aromatic heterocycles. The lowest BCUT2D eigenvalue weighted by molar-refractivity contribution is 0.586. The third-order valence-corrected chi connectivity index (χ3v) is 2.98. The molecule has 2 rings (SSSR count). The highest BCUT2D eigenvalue weighted by molar-refractivity contribution is 5.32. The van der Waals surface area contributed by atoms with E-state index in [0.29, 0.717) is 0 Å². The zero-order chi connectivity index (χ0) is 11.5. The van der Waals surface area contributed by atoms with Crippen LogP contribution in [-0.4, -0.2) is 6.54 Å². The summed E-state index contributed by atoms with van der Waals surface area (Å²) in [7, 11) is 0. The predicted molar refractivity (Wildman–Crippen MR) is 60.2 cm³/mol. The lowest BCUT2D eigenvalue weighted by Gasteiger charge is -2.13. The van der Waals surface area contributed by atoms with Crippen molar-refractivity contribution < 1.29 is 4.39 Å². The van der Waals surface area contributed by atoms with Crippen LogP contribution in [0.25, 0.3) is 0 Å². The Morgan fingerprint density at radius 2 is 2.31 bits per heavy atom. The van der Waals surface area contributed by atoms with E-state index >= 15 is 0 Å². The Hall–Kier alpha value is -1.40. The average molecular weight is 218 g/mol. The summed E-state index contributed by atoms with van der Waals surface area (Å²) >= 11 is 0. The fourth-order valence-corrected chi connectivity index (χ4v) is 1.79. The van der Waals surface area contributed by atoms with Crippen molar-refractivity contribution >= 4 is 0 Å². The van der Waals surface area contributed by atoms with Crippen LogP contribution in [0.4, 0.5) is 4.39 Å². The zero-order valence-corrected chi connectivity index (χ0v) is 9.33. The molecule has 1 atom stereocenters. The van der Waals surface area contributed by atoms with Crippen molar-refractivity contribution in [1.29, 1.82) is 5.26 Å². The fraction of sp³-hybridized carbons (Fsp3) is 0.462. The number of nitrogens with zero attached hydrogens (tertiary/aromatic N) is 1. The number of nitriles is 1. The maximum Gasteiger partial charge on any atom is 0.123 e. The minimum Gasteiger partial charge on any atom is -0.298 e. The zero-order valence-electron chi connectivity index (χ0n) is 9.33. The maximum absolute atomic E-state index is 12.9. The largest absolute Gasteiger partial charge is 0.298 e. The molecule has 0 amide bonds. The Morgan fingerprint density at radius 1 is 1.56 bits per heavy atom. The van der Waals surface area contributed by atoms with E-state index in [4.69, 9.17) is 5.26 Å². The van der Waals surface area contributed by atoms with Crippen LogP contribution < -0.4 is 5.32 Å². The number of rotatable bonds is 4. The van der Waals surface area contributed by atoms with Gasteiger partial charge in [-0.3, -0.25) is 5.32 Å². The van der Waals surface area contributed by atoms with E-state index in [1.807, 2.05) is 6.92 Å². The molecule has 1 aromatic rings. The van der Waals surface area contributed by atoms with Gasteiger partial charge in [-0.05, 0) is 55.5 Å².